The number of fused-ring (bicyclic) bond motifs is 1. The zero-order valence-corrected chi connectivity index (χ0v) is 23.8. The second-order valence-electron chi connectivity index (χ2n) is 9.98. The van der Waals surface area contributed by atoms with Crippen LogP contribution in [0.1, 0.15) is 26.0 Å². The number of carbonyl (C=O) groups is 2. The average Bonchev–Trinajstić information content (AvgIpc) is 3.58. The number of hydrogen-bond donors (Lipinski definition) is 1. The van der Waals surface area contributed by atoms with Crippen LogP contribution in [0.3, 0.4) is 0 Å². The Bertz CT molecular complexity index is 1640. The fraction of sp³-hybridized carbons (Fsp3) is 0.565. The molecule has 0 aromatic carbocycles. The molecule has 1 fully saturated rings. The number of alkyl halides is 6. The molecule has 1 atom stereocenters. The first-order chi connectivity index (χ1) is 20.4. The van der Waals surface area contributed by atoms with E-state index < -0.39 is 75.3 Å². The maximum Gasteiger partial charge on any atom is 0.491 e. The number of nitrogens with zero attached hydrogens (tertiary/aromatic N) is 6. The quantitative estimate of drug-likeness (QED) is 0.200. The van der Waals surface area contributed by atoms with Crippen molar-refractivity contribution < 1.29 is 49.8 Å². The van der Waals surface area contributed by atoms with Crippen molar-refractivity contribution in [2.45, 2.75) is 55.4 Å². The molecule has 1 aliphatic heterocycles. The number of aromatic nitrogens is 5. The van der Waals surface area contributed by atoms with E-state index in [9.17, 15) is 45.5 Å². The van der Waals surface area contributed by atoms with Crippen molar-refractivity contribution in [3.63, 3.8) is 0 Å². The smallest absolute Gasteiger partial charge is 0.447 e. The van der Waals surface area contributed by atoms with Crippen LogP contribution in [0, 0.1) is 0 Å². The lowest BCUT2D eigenvalue weighted by molar-refractivity contribution is -0.264. The van der Waals surface area contributed by atoms with E-state index in [1.165, 1.54) is 11.1 Å². The van der Waals surface area contributed by atoms with E-state index in [1.54, 1.807) is 13.8 Å². The number of carbonyl (C=O) groups excluding carboxylic acids is 2. The van der Waals surface area contributed by atoms with Gasteiger partial charge in [0.15, 0.2) is 16.3 Å². The molecule has 2 N–H and O–H groups in total. The minimum absolute atomic E-state index is 0.0145. The lowest BCUT2D eigenvalue weighted by Crippen LogP contribution is -2.50. The van der Waals surface area contributed by atoms with Crippen LogP contribution < -0.4 is 17.0 Å². The first-order valence-electron chi connectivity index (χ1n) is 12.7. The Morgan fingerprint density at radius 3 is 2.32 bits per heavy atom. The third kappa shape index (κ3) is 6.93. The summed E-state index contributed by atoms with van der Waals surface area (Å²) >= 11 is 0.859. The Morgan fingerprint density at radius 1 is 1.11 bits per heavy atom. The molecule has 242 valence electrons. The third-order valence-corrected chi connectivity index (χ3v) is 7.50. The Balaban J connectivity index is 2.05. The summed E-state index contributed by atoms with van der Waals surface area (Å²) in [7, 11) is 0. The Morgan fingerprint density at radius 2 is 1.77 bits per heavy atom. The molecule has 0 bridgehead atoms. The molecule has 0 spiro atoms. The highest BCUT2D eigenvalue weighted by atomic mass is 32.2. The van der Waals surface area contributed by atoms with Crippen LogP contribution in [0.4, 0.5) is 26.3 Å². The molecule has 21 heteroatoms. The minimum Gasteiger partial charge on any atom is -0.447 e. The van der Waals surface area contributed by atoms with Gasteiger partial charge in [-0.25, -0.2) is 28.7 Å². The second kappa shape index (κ2) is 12.3. The molecule has 1 unspecified atom stereocenters. The summed E-state index contributed by atoms with van der Waals surface area (Å²) in [5.41, 5.74) is 0.766. The van der Waals surface area contributed by atoms with E-state index in [1.807, 2.05) is 0 Å². The van der Waals surface area contributed by atoms with Gasteiger partial charge < -0.3 is 29.1 Å². The first-order valence-corrected chi connectivity index (χ1v) is 13.5. The first kappa shape index (κ1) is 33.1. The molecule has 0 saturated carbocycles. The predicted octanol–water partition coefficient (Wildman–Crippen LogP) is 1.25. The van der Waals surface area contributed by atoms with Crippen LogP contribution in [0.2, 0.25) is 0 Å². The van der Waals surface area contributed by atoms with Gasteiger partial charge in [0.1, 0.15) is 19.4 Å². The molecule has 3 aromatic heterocycles. The zero-order chi connectivity index (χ0) is 32.6. The van der Waals surface area contributed by atoms with Crippen molar-refractivity contribution in [2.75, 3.05) is 32.8 Å². The van der Waals surface area contributed by atoms with Gasteiger partial charge in [-0.1, -0.05) is 11.8 Å². The van der Waals surface area contributed by atoms with Crippen molar-refractivity contribution in [3.05, 3.63) is 39.2 Å². The largest absolute Gasteiger partial charge is 0.491 e. The molecular formula is C23H25F6N7O7S. The van der Waals surface area contributed by atoms with E-state index >= 15 is 0 Å². The summed E-state index contributed by atoms with van der Waals surface area (Å²) in [6, 6.07) is 0. The van der Waals surface area contributed by atoms with Crippen molar-refractivity contribution in [1.82, 2.24) is 28.6 Å². The summed E-state index contributed by atoms with van der Waals surface area (Å²) in [4.78, 5) is 61.1. The summed E-state index contributed by atoms with van der Waals surface area (Å²) < 4.78 is 96.1. The van der Waals surface area contributed by atoms with E-state index in [2.05, 4.69) is 14.7 Å². The number of hydrogen-bond acceptors (Lipinski definition) is 11. The van der Waals surface area contributed by atoms with Crippen LogP contribution in [-0.2, 0) is 32.2 Å². The molecule has 4 heterocycles. The topological polar surface area (TPSA) is 170 Å². The highest BCUT2D eigenvalue weighted by Crippen LogP contribution is 2.37. The lowest BCUT2D eigenvalue weighted by Gasteiger charge is -2.27. The van der Waals surface area contributed by atoms with Gasteiger partial charge in [0.2, 0.25) is 11.8 Å². The SMILES string of the molecule is CC(C)(CN)Sc1nc2c(c(=O)n(CC(=O)N3CCOCC3)c(=O)n2C(OC(=O)C(F)(F)F)C(F)(F)F)n1Cc1ncco1. The number of amides is 1. The van der Waals surface area contributed by atoms with Gasteiger partial charge in [-0.15, -0.1) is 0 Å². The number of ether oxygens (including phenoxy) is 2. The normalized spacial score (nSPS) is 15.5. The maximum atomic E-state index is 14.3. The van der Waals surface area contributed by atoms with Gasteiger partial charge in [-0.2, -0.15) is 26.3 Å². The fourth-order valence-electron chi connectivity index (χ4n) is 4.05. The summed E-state index contributed by atoms with van der Waals surface area (Å²) in [5, 5.41) is -0.209. The van der Waals surface area contributed by atoms with Crippen LogP contribution >= 0.6 is 11.8 Å². The molecule has 1 amide bonds. The average molecular weight is 658 g/mol. The minimum atomic E-state index is -5.89. The molecule has 3 aromatic rings. The van der Waals surface area contributed by atoms with Crippen LogP contribution in [0.5, 0.6) is 0 Å². The number of morpholine rings is 1. The number of nitrogens with two attached hydrogens (primary N) is 1. The van der Waals surface area contributed by atoms with Crippen molar-refractivity contribution in [1.29, 1.82) is 0 Å². The molecule has 1 saturated heterocycles. The number of halogens is 6. The molecular weight excluding hydrogens is 632 g/mol. The van der Waals surface area contributed by atoms with E-state index in [0.29, 0.717) is 0 Å². The van der Waals surface area contributed by atoms with Gasteiger partial charge in [0.05, 0.1) is 19.4 Å². The van der Waals surface area contributed by atoms with E-state index in [0.717, 1.165) is 22.6 Å². The highest BCUT2D eigenvalue weighted by molar-refractivity contribution is 8.00. The molecule has 44 heavy (non-hydrogen) atoms. The van der Waals surface area contributed by atoms with Crippen molar-refractivity contribution in [3.8, 4) is 0 Å². The Kier molecular flexibility index (Phi) is 9.22. The standard InChI is InChI=1S/C23H25F6N7O7S/c1-21(2,11-30)44-19-32-15-14(34(19)9-12-31-3-6-42-12)16(38)35(10-13(37)33-4-7-41-8-5-33)20(40)36(15)17(22(24,25)26)43-18(39)23(27,28)29/h3,6,17H,4-5,7-11,30H2,1-2H3. The van der Waals surface area contributed by atoms with E-state index in [-0.39, 0.29) is 48.5 Å². The Hall–Kier alpha value is -3.85. The van der Waals surface area contributed by atoms with Crippen molar-refractivity contribution >= 4 is 34.8 Å². The van der Waals surface area contributed by atoms with Gasteiger partial charge >= 0.3 is 24.0 Å². The number of esters is 1. The number of imidazole rings is 1. The summed E-state index contributed by atoms with van der Waals surface area (Å²) in [6.45, 7) is 1.97. The second-order valence-corrected chi connectivity index (χ2v) is 11.7. The molecule has 4 rings (SSSR count). The molecule has 0 radical (unpaired) electrons. The molecule has 0 aliphatic carbocycles. The fourth-order valence-corrected chi connectivity index (χ4v) is 5.02. The number of thioether (sulfide) groups is 1. The number of oxazole rings is 1. The van der Waals surface area contributed by atoms with Crippen molar-refractivity contribution in [2.24, 2.45) is 5.73 Å². The maximum absolute atomic E-state index is 14.3. The van der Waals surface area contributed by atoms with Gasteiger partial charge in [0, 0.05) is 24.4 Å². The van der Waals surface area contributed by atoms with Gasteiger partial charge in [-0.05, 0) is 13.8 Å². The monoisotopic (exact) mass is 657 g/mol. The van der Waals surface area contributed by atoms with Gasteiger partial charge in [0.25, 0.3) is 11.8 Å². The van der Waals surface area contributed by atoms with E-state index in [4.69, 9.17) is 14.9 Å². The molecule has 14 nitrogen and oxygen atoms in total. The van der Waals surface area contributed by atoms with Crippen LogP contribution in [0.15, 0.2) is 31.6 Å². The summed E-state index contributed by atoms with van der Waals surface area (Å²) in [5.74, 6) is -4.20. The third-order valence-electron chi connectivity index (χ3n) is 6.28. The zero-order valence-electron chi connectivity index (χ0n) is 23.0. The van der Waals surface area contributed by atoms with Crippen LogP contribution in [-0.4, -0.2) is 90.4 Å². The van der Waals surface area contributed by atoms with Gasteiger partial charge in [-0.3, -0.25) is 9.59 Å². The van der Waals surface area contributed by atoms with Crippen LogP contribution in [0.25, 0.3) is 11.2 Å². The highest BCUT2D eigenvalue weighted by Gasteiger charge is 2.52. The predicted molar refractivity (Wildman–Crippen MR) is 137 cm³/mol. The number of rotatable bonds is 9. The Labute approximate surface area is 246 Å². The lowest BCUT2D eigenvalue weighted by atomic mass is 10.2. The molecule has 1 aliphatic rings. The summed E-state index contributed by atoms with van der Waals surface area (Å²) in [6.07, 6.45) is -13.2.